The molecule has 1 aromatic carbocycles. The number of rotatable bonds is 9. The molecule has 1 spiro atoms. The van der Waals surface area contributed by atoms with Gasteiger partial charge in [0.05, 0.1) is 34.4 Å². The zero-order chi connectivity index (χ0) is 28.4. The van der Waals surface area contributed by atoms with Crippen molar-refractivity contribution >= 4 is 44.8 Å². The van der Waals surface area contributed by atoms with Gasteiger partial charge in [0.2, 0.25) is 0 Å². The zero-order valence-electron chi connectivity index (χ0n) is 22.7. The summed E-state index contributed by atoms with van der Waals surface area (Å²) in [4.78, 5) is 48.8. The van der Waals surface area contributed by atoms with Crippen molar-refractivity contribution in [3.05, 3.63) is 56.3 Å². The molecule has 12 nitrogen and oxygen atoms in total. The smallest absolute Gasteiger partial charge is 0.294 e. The number of nitrogens with zero attached hydrogens (tertiary/aromatic N) is 5. The van der Waals surface area contributed by atoms with E-state index in [9.17, 15) is 19.7 Å². The summed E-state index contributed by atoms with van der Waals surface area (Å²) in [5.41, 5.74) is 1.36. The van der Waals surface area contributed by atoms with Crippen LogP contribution in [0.4, 0.5) is 17.1 Å². The van der Waals surface area contributed by atoms with E-state index < -0.39 is 4.92 Å². The van der Waals surface area contributed by atoms with Gasteiger partial charge >= 0.3 is 0 Å². The number of aromatic nitrogens is 1. The minimum Gasteiger partial charge on any atom is -0.387 e. The summed E-state index contributed by atoms with van der Waals surface area (Å²) in [5.74, 6) is -0.378. The van der Waals surface area contributed by atoms with Gasteiger partial charge in [-0.3, -0.25) is 29.6 Å². The highest BCUT2D eigenvalue weighted by molar-refractivity contribution is 9.10. The molecule has 5 rings (SSSR count). The van der Waals surface area contributed by atoms with E-state index in [1.807, 2.05) is 0 Å². The lowest BCUT2D eigenvalue weighted by Gasteiger charge is -2.35. The Morgan fingerprint density at radius 2 is 1.90 bits per heavy atom. The molecule has 1 saturated carbocycles. The number of amides is 2. The SMILES string of the molecule is CNc1cncc(C(=O)N2C[C@H](Nc3c(C(=O)N4CCN(CCOC)CC4)cc(Br)cc3[N+](=O)[O-])C3(CC3)C2)c1. The highest BCUT2D eigenvalue weighted by Crippen LogP contribution is 2.54. The number of piperazine rings is 1. The molecule has 0 radical (unpaired) electrons. The fraction of sp³-hybridized carbons (Fsp3) is 0.519. The van der Waals surface area contributed by atoms with Crippen molar-refractivity contribution in [2.45, 2.75) is 18.9 Å². The maximum atomic E-state index is 13.8. The minimum absolute atomic E-state index is 0.131. The molecule has 1 atom stereocenters. The second-order valence-electron chi connectivity index (χ2n) is 10.7. The summed E-state index contributed by atoms with van der Waals surface area (Å²) in [6.07, 6.45) is 5.01. The maximum absolute atomic E-state index is 13.8. The number of anilines is 2. The molecule has 2 N–H and O–H groups in total. The molecule has 2 aliphatic heterocycles. The molecule has 0 unspecified atom stereocenters. The Morgan fingerprint density at radius 1 is 1.15 bits per heavy atom. The number of benzene rings is 1. The van der Waals surface area contributed by atoms with Crippen molar-refractivity contribution in [2.75, 3.05) is 77.2 Å². The molecule has 2 saturated heterocycles. The van der Waals surface area contributed by atoms with Gasteiger partial charge < -0.3 is 25.2 Å². The Labute approximate surface area is 241 Å². The van der Waals surface area contributed by atoms with Crippen LogP contribution in [0.1, 0.15) is 33.6 Å². The first-order valence-electron chi connectivity index (χ1n) is 13.4. The molecule has 214 valence electrons. The van der Waals surface area contributed by atoms with Gasteiger partial charge in [-0.15, -0.1) is 0 Å². The second kappa shape index (κ2) is 11.7. The summed E-state index contributed by atoms with van der Waals surface area (Å²) in [6, 6.07) is 4.62. The van der Waals surface area contributed by atoms with Crippen molar-refractivity contribution in [2.24, 2.45) is 5.41 Å². The van der Waals surface area contributed by atoms with Gasteiger partial charge in [0.25, 0.3) is 17.5 Å². The van der Waals surface area contributed by atoms with Crippen LogP contribution < -0.4 is 10.6 Å². The number of likely N-dealkylation sites (tertiary alicyclic amines) is 1. The van der Waals surface area contributed by atoms with E-state index in [4.69, 9.17) is 4.74 Å². The van der Waals surface area contributed by atoms with Gasteiger partial charge in [-0.2, -0.15) is 0 Å². The number of nitro groups is 1. The van der Waals surface area contributed by atoms with Crippen molar-refractivity contribution in [3.63, 3.8) is 0 Å². The van der Waals surface area contributed by atoms with E-state index >= 15 is 0 Å². The molecule has 2 amide bonds. The minimum atomic E-state index is -0.459. The summed E-state index contributed by atoms with van der Waals surface area (Å²) < 4.78 is 5.63. The third kappa shape index (κ3) is 5.77. The Balaban J connectivity index is 1.38. The van der Waals surface area contributed by atoms with Crippen LogP contribution in [0.3, 0.4) is 0 Å². The molecule has 1 aliphatic carbocycles. The standard InChI is InChI=1S/C27H34BrN7O5/c1-29-20-11-18(14-30-15-20)25(36)34-16-23(27(17-34)3-4-27)31-24-21(12-19(28)13-22(24)35(38)39)26(37)33-7-5-32(6-8-33)9-10-40-2/h11-15,23,29,31H,3-10,16-17H2,1-2H3/t23-/m0/s1. The average molecular weight is 617 g/mol. The van der Waals surface area contributed by atoms with E-state index in [1.54, 1.807) is 48.5 Å². The highest BCUT2D eigenvalue weighted by atomic mass is 79.9. The van der Waals surface area contributed by atoms with Crippen LogP contribution in [-0.2, 0) is 4.74 Å². The molecule has 3 heterocycles. The lowest BCUT2D eigenvalue weighted by Crippen LogP contribution is -2.49. The first-order chi connectivity index (χ1) is 19.2. The lowest BCUT2D eigenvalue weighted by atomic mass is 9.99. The third-order valence-electron chi connectivity index (χ3n) is 8.20. The maximum Gasteiger partial charge on any atom is 0.294 e. The molecule has 1 aromatic heterocycles. The number of pyridine rings is 1. The summed E-state index contributed by atoms with van der Waals surface area (Å²) in [5, 5.41) is 18.6. The van der Waals surface area contributed by atoms with Crippen LogP contribution in [0.2, 0.25) is 0 Å². The first kappa shape index (κ1) is 28.2. The summed E-state index contributed by atoms with van der Waals surface area (Å²) in [7, 11) is 3.43. The van der Waals surface area contributed by atoms with Gasteiger partial charge in [-0.25, -0.2) is 0 Å². The number of hydrogen-bond donors (Lipinski definition) is 2. The van der Waals surface area contributed by atoms with Crippen LogP contribution >= 0.6 is 15.9 Å². The molecular weight excluding hydrogens is 582 g/mol. The Morgan fingerprint density at radius 3 is 2.55 bits per heavy atom. The van der Waals surface area contributed by atoms with E-state index in [0.29, 0.717) is 55.9 Å². The predicted molar refractivity (Wildman–Crippen MR) is 154 cm³/mol. The first-order valence-corrected chi connectivity index (χ1v) is 14.2. The van der Waals surface area contributed by atoms with E-state index in [-0.39, 0.29) is 40.2 Å². The van der Waals surface area contributed by atoms with Crippen molar-refractivity contribution in [3.8, 4) is 0 Å². The van der Waals surface area contributed by atoms with E-state index in [1.165, 1.54) is 6.07 Å². The predicted octanol–water partition coefficient (Wildman–Crippen LogP) is 2.91. The summed E-state index contributed by atoms with van der Waals surface area (Å²) >= 11 is 3.37. The topological polar surface area (TPSA) is 133 Å². The Kier molecular flexibility index (Phi) is 8.24. The van der Waals surface area contributed by atoms with E-state index in [2.05, 4.69) is 36.4 Å². The van der Waals surface area contributed by atoms with Gasteiger partial charge in [0.15, 0.2) is 0 Å². The van der Waals surface area contributed by atoms with Gasteiger partial charge in [-0.05, 0) is 25.0 Å². The molecular formula is C27H34BrN7O5. The molecule has 3 aliphatic rings. The number of halogens is 1. The quantitative estimate of drug-likeness (QED) is 0.322. The molecule has 3 fully saturated rings. The van der Waals surface area contributed by atoms with Crippen LogP contribution in [-0.4, -0.2) is 109 Å². The molecule has 0 bridgehead atoms. The van der Waals surface area contributed by atoms with Crippen molar-refractivity contribution < 1.29 is 19.2 Å². The highest BCUT2D eigenvalue weighted by Gasteiger charge is 2.56. The fourth-order valence-electron chi connectivity index (χ4n) is 5.66. The molecule has 2 aromatic rings. The monoisotopic (exact) mass is 615 g/mol. The molecule has 13 heteroatoms. The number of nitro benzene ring substituents is 1. The molecule has 40 heavy (non-hydrogen) atoms. The number of carbonyl (C=O) groups is 2. The fourth-order valence-corrected chi connectivity index (χ4v) is 6.11. The number of methoxy groups -OCH3 is 1. The number of nitrogens with one attached hydrogen (secondary N) is 2. The van der Waals surface area contributed by atoms with Crippen LogP contribution in [0.5, 0.6) is 0 Å². The Bertz CT molecular complexity index is 1300. The van der Waals surface area contributed by atoms with Gasteiger partial charge in [-0.1, -0.05) is 15.9 Å². The van der Waals surface area contributed by atoms with Gasteiger partial charge in [0, 0.05) is 88.3 Å². The normalized spacial score (nSPS) is 20.0. The zero-order valence-corrected chi connectivity index (χ0v) is 24.3. The van der Waals surface area contributed by atoms with Crippen LogP contribution in [0.25, 0.3) is 0 Å². The second-order valence-corrected chi connectivity index (χ2v) is 11.6. The lowest BCUT2D eigenvalue weighted by molar-refractivity contribution is -0.384. The third-order valence-corrected chi connectivity index (χ3v) is 8.66. The Hall–Kier alpha value is -3.29. The average Bonchev–Trinajstić information content (AvgIpc) is 3.66. The van der Waals surface area contributed by atoms with Crippen LogP contribution in [0.15, 0.2) is 35.1 Å². The van der Waals surface area contributed by atoms with Crippen molar-refractivity contribution in [1.29, 1.82) is 0 Å². The van der Waals surface area contributed by atoms with Crippen molar-refractivity contribution in [1.82, 2.24) is 19.7 Å². The van der Waals surface area contributed by atoms with Gasteiger partial charge in [0.1, 0.15) is 5.69 Å². The van der Waals surface area contributed by atoms with E-state index in [0.717, 1.165) is 25.1 Å². The number of ether oxygens (including phenoxy) is 1. The number of carbonyl (C=O) groups excluding carboxylic acids is 2. The largest absolute Gasteiger partial charge is 0.387 e. The van der Waals surface area contributed by atoms with Crippen LogP contribution in [0, 0.1) is 15.5 Å². The number of hydrogen-bond acceptors (Lipinski definition) is 9. The summed E-state index contributed by atoms with van der Waals surface area (Å²) in [6.45, 7) is 4.81.